The van der Waals surface area contributed by atoms with Crippen LogP contribution >= 0.6 is 11.3 Å². The Bertz CT molecular complexity index is 2650. The molecule has 0 saturated carbocycles. The van der Waals surface area contributed by atoms with Gasteiger partial charge in [0, 0.05) is 47.4 Å². The molecule has 4 heterocycles. The van der Waals surface area contributed by atoms with Crippen molar-refractivity contribution in [2.45, 2.75) is 0 Å². The van der Waals surface area contributed by atoms with Crippen molar-refractivity contribution >= 4 is 86.2 Å². The summed E-state index contributed by atoms with van der Waals surface area (Å²) in [6, 6.07) is 45.9. The zero-order chi connectivity index (χ0) is 27.4. The predicted octanol–water partition coefficient (Wildman–Crippen LogP) is 10.4. The van der Waals surface area contributed by atoms with Gasteiger partial charge in [-0.25, -0.2) is 0 Å². The fraction of sp³-hybridized carbons (Fsp3) is 0. The third-order valence-electron chi connectivity index (χ3n) is 8.57. The second-order valence-corrected chi connectivity index (χ2v) is 11.9. The Morgan fingerprint density at radius 2 is 1.10 bits per heavy atom. The Hall–Kier alpha value is -5.39. The zero-order valence-corrected chi connectivity index (χ0v) is 23.1. The molecule has 4 aromatic heterocycles. The summed E-state index contributed by atoms with van der Waals surface area (Å²) in [5, 5.41) is 7.24. The first kappa shape index (κ1) is 22.3. The van der Waals surface area contributed by atoms with Crippen molar-refractivity contribution in [3.63, 3.8) is 0 Å². The SMILES string of the molecule is c1ccc2c(c1)sc1ccc3oc(-n4c5ccccc5c5cc(-n6c7ccccc7c7ccccc76)ccc54)nc3c12. The van der Waals surface area contributed by atoms with Crippen LogP contribution in [-0.2, 0) is 0 Å². The Balaban J connectivity index is 1.26. The van der Waals surface area contributed by atoms with E-state index in [2.05, 4.69) is 137 Å². The summed E-state index contributed by atoms with van der Waals surface area (Å²) in [4.78, 5) is 5.16. The van der Waals surface area contributed by atoms with Crippen molar-refractivity contribution in [2.75, 3.05) is 0 Å². The lowest BCUT2D eigenvalue weighted by molar-refractivity contribution is 0.574. The third-order valence-corrected chi connectivity index (χ3v) is 9.71. The van der Waals surface area contributed by atoms with Gasteiger partial charge in [0.1, 0.15) is 5.52 Å². The molecular formula is C37H21N3OS. The second-order valence-electron chi connectivity index (χ2n) is 10.8. The molecule has 42 heavy (non-hydrogen) atoms. The van der Waals surface area contributed by atoms with Crippen LogP contribution in [0.15, 0.2) is 132 Å². The first-order chi connectivity index (χ1) is 20.8. The molecule has 0 atom stereocenters. The standard InChI is InChI=1S/C37H21N3OS/c1-5-13-28-23(9-1)24-10-2-6-14-29(24)39(28)22-17-18-31-27(21-22)25-11-3-7-15-30(25)40(31)37-38-36-32(41-37)19-20-34-35(36)26-12-4-8-16-33(26)42-34/h1-21H. The van der Waals surface area contributed by atoms with Crippen molar-refractivity contribution in [2.24, 2.45) is 0 Å². The molecule has 0 N–H and O–H groups in total. The number of hydrogen-bond acceptors (Lipinski definition) is 3. The number of benzene rings is 6. The normalized spacial score (nSPS) is 12.3. The van der Waals surface area contributed by atoms with Crippen molar-refractivity contribution in [3.05, 3.63) is 127 Å². The number of rotatable bonds is 2. The monoisotopic (exact) mass is 555 g/mol. The topological polar surface area (TPSA) is 35.9 Å². The van der Waals surface area contributed by atoms with E-state index in [1.165, 1.54) is 47.4 Å². The molecule has 6 aromatic carbocycles. The molecule has 0 radical (unpaired) electrons. The molecule has 0 aliphatic rings. The average molecular weight is 556 g/mol. The lowest BCUT2D eigenvalue weighted by atomic mass is 10.1. The van der Waals surface area contributed by atoms with E-state index < -0.39 is 0 Å². The molecule has 0 spiro atoms. The van der Waals surface area contributed by atoms with E-state index in [4.69, 9.17) is 9.40 Å². The Morgan fingerprint density at radius 3 is 1.83 bits per heavy atom. The van der Waals surface area contributed by atoms with E-state index in [9.17, 15) is 0 Å². The van der Waals surface area contributed by atoms with E-state index in [0.717, 1.165) is 33.2 Å². The molecule has 0 amide bonds. The van der Waals surface area contributed by atoms with Gasteiger partial charge in [0.2, 0.25) is 0 Å². The zero-order valence-electron chi connectivity index (χ0n) is 22.3. The second kappa shape index (κ2) is 8.09. The molecular weight excluding hydrogens is 534 g/mol. The molecule has 10 aromatic rings. The summed E-state index contributed by atoms with van der Waals surface area (Å²) in [6.07, 6.45) is 0. The minimum atomic E-state index is 0.587. The van der Waals surface area contributed by atoms with Crippen LogP contribution in [0.1, 0.15) is 0 Å². The first-order valence-electron chi connectivity index (χ1n) is 14.1. The van der Waals surface area contributed by atoms with Gasteiger partial charge in [-0.15, -0.1) is 11.3 Å². The number of fused-ring (bicyclic) bond motifs is 11. The van der Waals surface area contributed by atoms with E-state index in [1.807, 2.05) is 0 Å². The number of para-hydroxylation sites is 3. The van der Waals surface area contributed by atoms with Gasteiger partial charge >= 0.3 is 6.01 Å². The highest BCUT2D eigenvalue weighted by molar-refractivity contribution is 7.26. The predicted molar refractivity (Wildman–Crippen MR) is 176 cm³/mol. The highest BCUT2D eigenvalue weighted by atomic mass is 32.1. The lowest BCUT2D eigenvalue weighted by Gasteiger charge is -2.09. The summed E-state index contributed by atoms with van der Waals surface area (Å²) < 4.78 is 13.5. The molecule has 0 unspecified atom stereocenters. The maximum absolute atomic E-state index is 6.52. The van der Waals surface area contributed by atoms with E-state index in [0.29, 0.717) is 6.01 Å². The Kier molecular flexibility index (Phi) is 4.30. The van der Waals surface area contributed by atoms with Crippen molar-refractivity contribution in [3.8, 4) is 11.7 Å². The molecule has 5 heteroatoms. The number of thiophene rings is 1. The summed E-state index contributed by atoms with van der Waals surface area (Å²) in [5.74, 6) is 0. The van der Waals surface area contributed by atoms with Gasteiger partial charge in [-0.2, -0.15) is 4.98 Å². The quantitative estimate of drug-likeness (QED) is 0.213. The van der Waals surface area contributed by atoms with Crippen LogP contribution < -0.4 is 0 Å². The van der Waals surface area contributed by atoms with E-state index in [1.54, 1.807) is 11.3 Å². The summed E-state index contributed by atoms with van der Waals surface area (Å²) in [5.41, 5.74) is 7.39. The average Bonchev–Trinajstić information content (AvgIpc) is 3.79. The number of nitrogens with zero attached hydrogens (tertiary/aromatic N) is 3. The number of oxazole rings is 1. The molecule has 0 aliphatic carbocycles. The van der Waals surface area contributed by atoms with Crippen LogP contribution in [0.4, 0.5) is 0 Å². The van der Waals surface area contributed by atoms with Gasteiger partial charge in [0.05, 0.1) is 22.1 Å². The summed E-state index contributed by atoms with van der Waals surface area (Å²) >= 11 is 1.80. The summed E-state index contributed by atoms with van der Waals surface area (Å²) in [7, 11) is 0. The fourth-order valence-corrected chi connectivity index (χ4v) is 7.90. The number of aromatic nitrogens is 3. The smallest absolute Gasteiger partial charge is 0.307 e. The van der Waals surface area contributed by atoms with Gasteiger partial charge < -0.3 is 8.98 Å². The van der Waals surface area contributed by atoms with E-state index >= 15 is 0 Å². The fourth-order valence-electron chi connectivity index (χ4n) is 6.79. The van der Waals surface area contributed by atoms with Crippen LogP contribution in [0.3, 0.4) is 0 Å². The molecule has 4 nitrogen and oxygen atoms in total. The van der Waals surface area contributed by atoms with Crippen LogP contribution in [0, 0.1) is 0 Å². The lowest BCUT2D eigenvalue weighted by Crippen LogP contribution is -1.95. The molecule has 0 bridgehead atoms. The Morgan fingerprint density at radius 1 is 0.500 bits per heavy atom. The third kappa shape index (κ3) is 2.88. The van der Waals surface area contributed by atoms with Crippen molar-refractivity contribution in [1.29, 1.82) is 0 Å². The minimum absolute atomic E-state index is 0.587. The van der Waals surface area contributed by atoms with Crippen LogP contribution in [0.25, 0.3) is 86.6 Å². The van der Waals surface area contributed by atoms with Gasteiger partial charge in [-0.3, -0.25) is 4.57 Å². The molecule has 10 rings (SSSR count). The molecule has 196 valence electrons. The van der Waals surface area contributed by atoms with Gasteiger partial charge in [0.25, 0.3) is 0 Å². The highest BCUT2D eigenvalue weighted by Gasteiger charge is 2.20. The first-order valence-corrected chi connectivity index (χ1v) is 14.9. The molecule has 0 saturated heterocycles. The van der Waals surface area contributed by atoms with E-state index in [-0.39, 0.29) is 0 Å². The molecule has 0 aliphatic heterocycles. The van der Waals surface area contributed by atoms with Gasteiger partial charge in [-0.05, 0) is 54.6 Å². The molecule has 0 fully saturated rings. The largest absolute Gasteiger partial charge is 0.423 e. The summed E-state index contributed by atoms with van der Waals surface area (Å²) in [6.45, 7) is 0. The van der Waals surface area contributed by atoms with Gasteiger partial charge in [-0.1, -0.05) is 72.8 Å². The van der Waals surface area contributed by atoms with Gasteiger partial charge in [0.15, 0.2) is 5.58 Å². The maximum Gasteiger partial charge on any atom is 0.307 e. The maximum atomic E-state index is 6.52. The van der Waals surface area contributed by atoms with Crippen molar-refractivity contribution < 1.29 is 4.42 Å². The Labute approximate surface area is 243 Å². The van der Waals surface area contributed by atoms with Crippen LogP contribution in [0.2, 0.25) is 0 Å². The highest BCUT2D eigenvalue weighted by Crippen LogP contribution is 2.41. The minimum Gasteiger partial charge on any atom is -0.423 e. The van der Waals surface area contributed by atoms with Crippen LogP contribution in [0.5, 0.6) is 0 Å². The van der Waals surface area contributed by atoms with Crippen molar-refractivity contribution in [1.82, 2.24) is 14.1 Å². The number of hydrogen-bond donors (Lipinski definition) is 0. The van der Waals surface area contributed by atoms with Crippen LogP contribution in [-0.4, -0.2) is 14.1 Å².